The highest BCUT2D eigenvalue weighted by Gasteiger charge is 2.17. The highest BCUT2D eigenvalue weighted by Crippen LogP contribution is 2.33. The Balaban J connectivity index is 1.41. The highest BCUT2D eigenvalue weighted by molar-refractivity contribution is 7.22. The molecule has 0 spiro atoms. The third-order valence-corrected chi connectivity index (χ3v) is 5.19. The topological polar surface area (TPSA) is 73.3 Å². The molecule has 0 atom stereocenters. The second kappa shape index (κ2) is 6.37. The fourth-order valence-corrected chi connectivity index (χ4v) is 3.81. The standard InChI is InChI=1S/C20H13N3O3S/c24-19(14-2-4-16-17(9-14)26-11-25-16)23-20-22-15-3-1-13(10-18(15)27-20)12-5-7-21-8-6-12/h1-10H,11H2,(H,22,23,24). The zero-order valence-corrected chi connectivity index (χ0v) is 14.8. The van der Waals surface area contributed by atoms with Crippen LogP contribution in [-0.4, -0.2) is 22.7 Å². The van der Waals surface area contributed by atoms with E-state index in [1.807, 2.05) is 24.3 Å². The molecule has 0 saturated heterocycles. The van der Waals surface area contributed by atoms with Crippen molar-refractivity contribution in [2.75, 3.05) is 12.1 Å². The normalized spacial score (nSPS) is 12.3. The van der Waals surface area contributed by atoms with Crippen LogP contribution in [-0.2, 0) is 0 Å². The molecule has 2 aromatic heterocycles. The molecule has 1 N–H and O–H groups in total. The summed E-state index contributed by atoms with van der Waals surface area (Å²) in [5.74, 6) is 0.992. The van der Waals surface area contributed by atoms with Crippen molar-refractivity contribution in [2.24, 2.45) is 0 Å². The van der Waals surface area contributed by atoms with E-state index in [9.17, 15) is 4.79 Å². The zero-order valence-electron chi connectivity index (χ0n) is 14.0. The molecule has 1 amide bonds. The average molecular weight is 375 g/mol. The molecule has 7 heteroatoms. The molecule has 4 aromatic rings. The van der Waals surface area contributed by atoms with Crippen molar-refractivity contribution in [2.45, 2.75) is 0 Å². The molecule has 0 aliphatic carbocycles. The molecular weight excluding hydrogens is 362 g/mol. The Hall–Kier alpha value is -3.45. The van der Waals surface area contributed by atoms with Gasteiger partial charge in [-0.3, -0.25) is 15.1 Å². The Bertz CT molecular complexity index is 1160. The zero-order chi connectivity index (χ0) is 18.2. The first-order valence-electron chi connectivity index (χ1n) is 8.28. The molecule has 0 radical (unpaired) electrons. The minimum absolute atomic E-state index is 0.179. The van der Waals surface area contributed by atoms with Crippen LogP contribution in [0.1, 0.15) is 10.4 Å². The maximum absolute atomic E-state index is 12.5. The Morgan fingerprint density at radius 3 is 2.70 bits per heavy atom. The monoisotopic (exact) mass is 375 g/mol. The van der Waals surface area contributed by atoms with Crippen molar-refractivity contribution >= 4 is 32.6 Å². The van der Waals surface area contributed by atoms with Crippen LogP contribution >= 0.6 is 11.3 Å². The first kappa shape index (κ1) is 15.8. The van der Waals surface area contributed by atoms with E-state index in [0.717, 1.165) is 21.3 Å². The number of nitrogens with one attached hydrogen (secondary N) is 1. The summed E-state index contributed by atoms with van der Waals surface area (Å²) in [6.45, 7) is 0.179. The molecule has 27 heavy (non-hydrogen) atoms. The Labute approximate surface area is 158 Å². The van der Waals surface area contributed by atoms with Crippen molar-refractivity contribution < 1.29 is 14.3 Å². The van der Waals surface area contributed by atoms with Crippen LogP contribution in [0.2, 0.25) is 0 Å². The summed E-state index contributed by atoms with van der Waals surface area (Å²) in [5, 5.41) is 3.42. The van der Waals surface area contributed by atoms with E-state index in [1.165, 1.54) is 11.3 Å². The SMILES string of the molecule is O=C(Nc1nc2ccc(-c3ccncc3)cc2s1)c1ccc2c(c1)OCO2. The number of hydrogen-bond donors (Lipinski definition) is 1. The van der Waals surface area contributed by atoms with Gasteiger partial charge in [-0.25, -0.2) is 4.98 Å². The van der Waals surface area contributed by atoms with Crippen LogP contribution in [0.5, 0.6) is 11.5 Å². The molecule has 2 aromatic carbocycles. The molecule has 1 aliphatic heterocycles. The van der Waals surface area contributed by atoms with E-state index < -0.39 is 0 Å². The number of ether oxygens (including phenoxy) is 2. The molecule has 5 rings (SSSR count). The third-order valence-electron chi connectivity index (χ3n) is 4.26. The molecule has 1 aliphatic rings. The van der Waals surface area contributed by atoms with Crippen LogP contribution in [0.25, 0.3) is 21.3 Å². The number of anilines is 1. The van der Waals surface area contributed by atoms with Crippen LogP contribution in [0.15, 0.2) is 60.9 Å². The van der Waals surface area contributed by atoms with Crippen molar-refractivity contribution in [3.63, 3.8) is 0 Å². The first-order chi connectivity index (χ1) is 13.3. The van der Waals surface area contributed by atoms with E-state index >= 15 is 0 Å². The second-order valence-electron chi connectivity index (χ2n) is 5.96. The lowest BCUT2D eigenvalue weighted by molar-refractivity contribution is 0.102. The average Bonchev–Trinajstić information content (AvgIpc) is 3.33. The lowest BCUT2D eigenvalue weighted by Crippen LogP contribution is -2.11. The largest absolute Gasteiger partial charge is 0.454 e. The number of fused-ring (bicyclic) bond motifs is 2. The maximum atomic E-state index is 12.5. The van der Waals surface area contributed by atoms with E-state index in [4.69, 9.17) is 9.47 Å². The van der Waals surface area contributed by atoms with Gasteiger partial charge in [0, 0.05) is 18.0 Å². The third kappa shape index (κ3) is 2.98. The summed E-state index contributed by atoms with van der Waals surface area (Å²) in [4.78, 5) is 21.1. The van der Waals surface area contributed by atoms with Crippen LogP contribution in [0.4, 0.5) is 5.13 Å². The number of benzene rings is 2. The molecule has 0 bridgehead atoms. The van der Waals surface area contributed by atoms with Gasteiger partial charge < -0.3 is 9.47 Å². The minimum Gasteiger partial charge on any atom is -0.454 e. The van der Waals surface area contributed by atoms with Crippen molar-refractivity contribution in [1.82, 2.24) is 9.97 Å². The van der Waals surface area contributed by atoms with E-state index in [-0.39, 0.29) is 12.7 Å². The number of hydrogen-bond acceptors (Lipinski definition) is 6. The quantitative estimate of drug-likeness (QED) is 0.577. The van der Waals surface area contributed by atoms with Gasteiger partial charge >= 0.3 is 0 Å². The number of carbonyl (C=O) groups is 1. The minimum atomic E-state index is -0.235. The second-order valence-corrected chi connectivity index (χ2v) is 6.99. The van der Waals surface area contributed by atoms with E-state index in [1.54, 1.807) is 30.6 Å². The van der Waals surface area contributed by atoms with Gasteiger partial charge in [-0.1, -0.05) is 17.4 Å². The Kier molecular flexibility index (Phi) is 3.72. The molecule has 132 valence electrons. The fraction of sp³-hybridized carbons (Fsp3) is 0.0500. The number of rotatable bonds is 3. The van der Waals surface area contributed by atoms with Crippen LogP contribution in [0, 0.1) is 0 Å². The number of nitrogens with zero attached hydrogens (tertiary/aromatic N) is 2. The smallest absolute Gasteiger partial charge is 0.257 e. The van der Waals surface area contributed by atoms with Crippen molar-refractivity contribution in [1.29, 1.82) is 0 Å². The number of pyridine rings is 1. The van der Waals surface area contributed by atoms with Gasteiger partial charge in [0.15, 0.2) is 16.6 Å². The predicted octanol–water partition coefficient (Wildman–Crippen LogP) is 4.34. The van der Waals surface area contributed by atoms with E-state index in [0.29, 0.717) is 22.2 Å². The lowest BCUT2D eigenvalue weighted by Gasteiger charge is -2.02. The van der Waals surface area contributed by atoms with Gasteiger partial charge in [0.05, 0.1) is 10.2 Å². The number of carbonyl (C=O) groups excluding carboxylic acids is 1. The Morgan fingerprint density at radius 2 is 1.81 bits per heavy atom. The lowest BCUT2D eigenvalue weighted by atomic mass is 10.1. The summed E-state index contributed by atoms with van der Waals surface area (Å²) in [7, 11) is 0. The van der Waals surface area contributed by atoms with E-state index in [2.05, 4.69) is 21.4 Å². The number of amides is 1. The van der Waals surface area contributed by atoms with Crippen molar-refractivity contribution in [3.8, 4) is 22.6 Å². The van der Waals surface area contributed by atoms with Crippen LogP contribution < -0.4 is 14.8 Å². The van der Waals surface area contributed by atoms with Crippen LogP contribution in [0.3, 0.4) is 0 Å². The number of aromatic nitrogens is 2. The maximum Gasteiger partial charge on any atom is 0.257 e. The Morgan fingerprint density at radius 1 is 0.963 bits per heavy atom. The highest BCUT2D eigenvalue weighted by atomic mass is 32.1. The van der Waals surface area contributed by atoms with Gasteiger partial charge in [0.1, 0.15) is 0 Å². The molecule has 0 unspecified atom stereocenters. The summed E-state index contributed by atoms with van der Waals surface area (Å²) in [5.41, 5.74) is 3.52. The number of thiazole rings is 1. The predicted molar refractivity (Wildman–Crippen MR) is 103 cm³/mol. The van der Waals surface area contributed by atoms with Gasteiger partial charge in [0.25, 0.3) is 5.91 Å². The fourth-order valence-electron chi connectivity index (χ4n) is 2.91. The van der Waals surface area contributed by atoms with Crippen molar-refractivity contribution in [3.05, 3.63) is 66.5 Å². The molecule has 6 nitrogen and oxygen atoms in total. The summed E-state index contributed by atoms with van der Waals surface area (Å²) < 4.78 is 11.6. The summed E-state index contributed by atoms with van der Waals surface area (Å²) in [6.07, 6.45) is 3.53. The van der Waals surface area contributed by atoms with Gasteiger partial charge in [-0.2, -0.15) is 0 Å². The molecule has 0 saturated carbocycles. The molecule has 3 heterocycles. The van der Waals surface area contributed by atoms with Gasteiger partial charge in [-0.05, 0) is 53.6 Å². The molecular formula is C20H13N3O3S. The molecule has 0 fully saturated rings. The first-order valence-corrected chi connectivity index (χ1v) is 9.10. The van der Waals surface area contributed by atoms with Gasteiger partial charge in [0.2, 0.25) is 6.79 Å². The summed E-state index contributed by atoms with van der Waals surface area (Å²) >= 11 is 1.44. The summed E-state index contributed by atoms with van der Waals surface area (Å²) in [6, 6.07) is 15.1. The van der Waals surface area contributed by atoms with Gasteiger partial charge in [-0.15, -0.1) is 0 Å².